The molecule has 1 amide bonds. The van der Waals surface area contributed by atoms with Gasteiger partial charge in [-0.2, -0.15) is 0 Å². The Morgan fingerprint density at radius 3 is 2.32 bits per heavy atom. The van der Waals surface area contributed by atoms with Gasteiger partial charge in [-0.05, 0) is 30.3 Å². The number of hydrogen-bond acceptors (Lipinski definition) is 6. The Balaban J connectivity index is 1.62. The summed E-state index contributed by atoms with van der Waals surface area (Å²) in [6.45, 7) is 0. The molecule has 1 aliphatic carbocycles. The predicted octanol–water partition coefficient (Wildman–Crippen LogP) is 3.69. The molecule has 0 spiro atoms. The second-order valence-corrected chi connectivity index (χ2v) is 7.32. The maximum atomic E-state index is 12.4. The number of amidine groups is 1. The van der Waals surface area contributed by atoms with Gasteiger partial charge in [-0.25, -0.2) is 15.0 Å². The smallest absolute Gasteiger partial charge is 0.243 e. The van der Waals surface area contributed by atoms with E-state index in [1.807, 2.05) is 54.6 Å². The van der Waals surface area contributed by atoms with E-state index >= 15 is 0 Å². The topological polar surface area (TPSA) is 75.5 Å². The van der Waals surface area contributed by atoms with Crippen LogP contribution in [0.4, 0.5) is 5.69 Å². The number of Topliss-reactive ketones (excluding diaryl/α,β-unsaturated/α-hetero) is 1. The van der Waals surface area contributed by atoms with Crippen molar-refractivity contribution in [2.24, 2.45) is 4.99 Å². The number of ketones is 1. The van der Waals surface area contributed by atoms with Gasteiger partial charge in [0.15, 0.2) is 11.0 Å². The van der Waals surface area contributed by atoms with Gasteiger partial charge in [0.2, 0.25) is 5.91 Å². The van der Waals surface area contributed by atoms with E-state index in [1.165, 1.54) is 11.8 Å². The number of aliphatic imine (C=N–C) groups is 1. The summed E-state index contributed by atoms with van der Waals surface area (Å²) >= 11 is 1.38. The van der Waals surface area contributed by atoms with Gasteiger partial charge in [0.25, 0.3) is 0 Å². The minimum absolute atomic E-state index is 0.0211. The van der Waals surface area contributed by atoms with Crippen LogP contribution in [0, 0.1) is 0 Å². The molecular weight excluding hydrogens is 372 g/mol. The van der Waals surface area contributed by atoms with Gasteiger partial charge in [0, 0.05) is 6.42 Å². The molecule has 0 bridgehead atoms. The van der Waals surface area contributed by atoms with Gasteiger partial charge in [-0.3, -0.25) is 14.5 Å². The number of carbonyl (C=O) groups excluding carboxylic acids is 2. The van der Waals surface area contributed by atoms with Crippen molar-refractivity contribution in [3.63, 3.8) is 0 Å². The van der Waals surface area contributed by atoms with Crippen LogP contribution in [0.5, 0.6) is 0 Å². The first kappa shape index (κ1) is 16.8. The van der Waals surface area contributed by atoms with E-state index < -0.39 is 0 Å². The summed E-state index contributed by atoms with van der Waals surface area (Å²) in [5, 5.41) is 0.581. The standard InChI is InChI=1S/C21H14N4O2S/c26-17-11-10-16(19-20(17)23-15-9-5-4-8-14(15)22-19)24-21-25(18(27)12-28-21)13-6-2-1-3-7-13/h1-10H,11-12H2. The maximum absolute atomic E-state index is 12.4. The van der Waals surface area contributed by atoms with E-state index in [0.29, 0.717) is 39.0 Å². The summed E-state index contributed by atoms with van der Waals surface area (Å²) in [6.07, 6.45) is 1.98. The fourth-order valence-corrected chi connectivity index (χ4v) is 4.11. The van der Waals surface area contributed by atoms with Crippen molar-refractivity contribution in [3.8, 4) is 0 Å². The summed E-state index contributed by atoms with van der Waals surface area (Å²) in [5.74, 6) is 0.232. The molecular formula is C21H14N4O2S. The fraction of sp³-hybridized carbons (Fsp3) is 0.0952. The molecule has 2 aliphatic rings. The van der Waals surface area contributed by atoms with E-state index in [2.05, 4.69) is 9.97 Å². The molecule has 7 heteroatoms. The van der Waals surface area contributed by atoms with Crippen LogP contribution in [0.3, 0.4) is 0 Å². The van der Waals surface area contributed by atoms with Crippen molar-refractivity contribution >= 4 is 51.0 Å². The van der Waals surface area contributed by atoms with Crippen LogP contribution in [0.2, 0.25) is 0 Å². The number of thioether (sulfide) groups is 1. The number of fused-ring (bicyclic) bond motifs is 2. The molecule has 1 saturated heterocycles. The molecule has 28 heavy (non-hydrogen) atoms. The Morgan fingerprint density at radius 1 is 0.893 bits per heavy atom. The normalized spacial score (nSPS) is 17.9. The number of hydrogen-bond donors (Lipinski definition) is 0. The minimum Gasteiger partial charge on any atom is -0.292 e. The van der Waals surface area contributed by atoms with Crippen molar-refractivity contribution in [1.29, 1.82) is 0 Å². The Hall–Kier alpha value is -3.32. The molecule has 1 aliphatic heterocycles. The first-order valence-electron chi connectivity index (χ1n) is 8.81. The molecule has 2 heterocycles. The minimum atomic E-state index is -0.0766. The van der Waals surface area contributed by atoms with Gasteiger partial charge in [0.1, 0.15) is 11.4 Å². The van der Waals surface area contributed by atoms with E-state index in [0.717, 1.165) is 5.69 Å². The third-order valence-electron chi connectivity index (χ3n) is 4.55. The Labute approximate surface area is 165 Å². The highest BCUT2D eigenvalue weighted by Crippen LogP contribution is 2.32. The molecule has 2 aromatic carbocycles. The maximum Gasteiger partial charge on any atom is 0.243 e. The van der Waals surface area contributed by atoms with Crippen molar-refractivity contribution in [1.82, 2.24) is 9.97 Å². The molecule has 5 rings (SSSR count). The first-order chi connectivity index (χ1) is 13.7. The summed E-state index contributed by atoms with van der Waals surface area (Å²) in [5.41, 5.74) is 3.54. The van der Waals surface area contributed by atoms with E-state index in [-0.39, 0.29) is 18.1 Å². The van der Waals surface area contributed by atoms with E-state index in [9.17, 15) is 9.59 Å². The average molecular weight is 386 g/mol. The highest BCUT2D eigenvalue weighted by molar-refractivity contribution is 8.15. The van der Waals surface area contributed by atoms with Gasteiger partial charge in [-0.1, -0.05) is 42.1 Å². The van der Waals surface area contributed by atoms with Gasteiger partial charge in [0.05, 0.1) is 28.2 Å². The van der Waals surface area contributed by atoms with Crippen LogP contribution in [0.25, 0.3) is 16.7 Å². The molecule has 0 radical (unpaired) electrons. The number of benzene rings is 2. The molecule has 0 N–H and O–H groups in total. The van der Waals surface area contributed by atoms with Crippen molar-refractivity contribution < 1.29 is 9.59 Å². The number of rotatable bonds is 2. The molecule has 0 unspecified atom stereocenters. The lowest BCUT2D eigenvalue weighted by molar-refractivity contribution is -0.115. The van der Waals surface area contributed by atoms with Crippen LogP contribution < -0.4 is 4.90 Å². The first-order valence-corrected chi connectivity index (χ1v) is 9.79. The lowest BCUT2D eigenvalue weighted by Gasteiger charge is -2.18. The van der Waals surface area contributed by atoms with Crippen LogP contribution >= 0.6 is 11.8 Å². The average Bonchev–Trinajstić information content (AvgIpc) is 3.10. The zero-order chi connectivity index (χ0) is 19.1. The van der Waals surface area contributed by atoms with Crippen molar-refractivity contribution in [2.45, 2.75) is 6.42 Å². The van der Waals surface area contributed by atoms with Gasteiger partial charge >= 0.3 is 0 Å². The molecule has 1 fully saturated rings. The highest BCUT2D eigenvalue weighted by atomic mass is 32.2. The second kappa shape index (κ2) is 6.69. The SMILES string of the molecule is O=C1CC=C(N=C2SCC(=O)N2c2ccccc2)c2nc3ccccc3nc21. The number of allylic oxidation sites excluding steroid dienone is 1. The molecule has 0 atom stereocenters. The van der Waals surface area contributed by atoms with Crippen molar-refractivity contribution in [2.75, 3.05) is 10.7 Å². The predicted molar refractivity (Wildman–Crippen MR) is 110 cm³/mol. The number of carbonyl (C=O) groups is 2. The van der Waals surface area contributed by atoms with Crippen LogP contribution in [-0.2, 0) is 4.79 Å². The number of anilines is 1. The Kier molecular flexibility index (Phi) is 4.02. The lowest BCUT2D eigenvalue weighted by Crippen LogP contribution is -2.29. The quantitative estimate of drug-likeness (QED) is 0.671. The number of para-hydroxylation sites is 3. The highest BCUT2D eigenvalue weighted by Gasteiger charge is 2.31. The lowest BCUT2D eigenvalue weighted by atomic mass is 10.0. The molecule has 136 valence electrons. The largest absolute Gasteiger partial charge is 0.292 e. The third kappa shape index (κ3) is 2.80. The van der Waals surface area contributed by atoms with Crippen molar-refractivity contribution in [3.05, 3.63) is 72.1 Å². The van der Waals surface area contributed by atoms with Crippen LogP contribution in [0.15, 0.2) is 65.7 Å². The molecule has 6 nitrogen and oxygen atoms in total. The Bertz CT molecular complexity index is 1190. The third-order valence-corrected chi connectivity index (χ3v) is 5.48. The molecule has 0 saturated carbocycles. The summed E-state index contributed by atoms with van der Waals surface area (Å²) in [6, 6.07) is 16.9. The zero-order valence-electron chi connectivity index (χ0n) is 14.7. The zero-order valence-corrected chi connectivity index (χ0v) is 15.5. The van der Waals surface area contributed by atoms with Crippen LogP contribution in [0.1, 0.15) is 22.6 Å². The molecule has 3 aromatic rings. The molecule has 1 aromatic heterocycles. The summed E-state index contributed by atoms with van der Waals surface area (Å²) < 4.78 is 0. The summed E-state index contributed by atoms with van der Waals surface area (Å²) in [7, 11) is 0. The van der Waals surface area contributed by atoms with E-state index in [4.69, 9.17) is 4.99 Å². The number of amides is 1. The number of nitrogens with zero attached hydrogens (tertiary/aromatic N) is 4. The van der Waals surface area contributed by atoms with Crippen LogP contribution in [-0.4, -0.2) is 32.6 Å². The van der Waals surface area contributed by atoms with Gasteiger partial charge < -0.3 is 0 Å². The fourth-order valence-electron chi connectivity index (χ4n) is 3.23. The Morgan fingerprint density at radius 2 is 1.57 bits per heavy atom. The summed E-state index contributed by atoms with van der Waals surface area (Å²) in [4.78, 5) is 40.3. The second-order valence-electron chi connectivity index (χ2n) is 6.37. The van der Waals surface area contributed by atoms with E-state index in [1.54, 1.807) is 11.0 Å². The monoisotopic (exact) mass is 386 g/mol. The van der Waals surface area contributed by atoms with Gasteiger partial charge in [-0.15, -0.1) is 0 Å². The number of aromatic nitrogens is 2.